The van der Waals surface area contributed by atoms with E-state index in [1.165, 1.54) is 16.7 Å². The van der Waals surface area contributed by atoms with Crippen molar-refractivity contribution in [2.45, 2.75) is 34.2 Å². The number of likely N-dealkylation sites (N-methyl/N-ethyl adjacent to an activating group) is 1. The van der Waals surface area contributed by atoms with Gasteiger partial charge in [0.25, 0.3) is 0 Å². The van der Waals surface area contributed by atoms with Gasteiger partial charge in [-0.15, -0.1) is 12.4 Å². The summed E-state index contributed by atoms with van der Waals surface area (Å²) < 4.78 is 2.03. The molecule has 0 radical (unpaired) electrons. The largest absolute Gasteiger partial charge is 0.378 e. The van der Waals surface area contributed by atoms with Crippen molar-refractivity contribution in [3.8, 4) is 0 Å². The number of rotatable bonds is 6. The van der Waals surface area contributed by atoms with E-state index >= 15 is 0 Å². The predicted octanol–water partition coefficient (Wildman–Crippen LogP) is 3.76. The van der Waals surface area contributed by atoms with Crippen LogP contribution in [0.3, 0.4) is 0 Å². The lowest BCUT2D eigenvalue weighted by molar-refractivity contribution is -0.115. The summed E-state index contributed by atoms with van der Waals surface area (Å²) in [5.41, 5.74) is 8.33. The molecule has 7 heteroatoms. The van der Waals surface area contributed by atoms with E-state index in [0.717, 1.165) is 28.4 Å². The number of aromatic nitrogens is 2. The highest BCUT2D eigenvalue weighted by molar-refractivity contribution is 5.93. The molecule has 0 fully saturated rings. The summed E-state index contributed by atoms with van der Waals surface area (Å²) in [6.45, 7) is 9.24. The molecule has 3 aromatic rings. The fraction of sp³-hybridized carbons (Fsp3) is 0.333. The first-order valence-electron chi connectivity index (χ1n) is 9.13. The number of carbonyl (C=O) groups excluding carboxylic acids is 1. The third-order valence-electron chi connectivity index (χ3n) is 4.92. The zero-order chi connectivity index (χ0) is 19.6. The van der Waals surface area contributed by atoms with Gasteiger partial charge in [0.15, 0.2) is 5.65 Å². The van der Waals surface area contributed by atoms with E-state index < -0.39 is 0 Å². The van der Waals surface area contributed by atoms with Crippen molar-refractivity contribution >= 4 is 35.3 Å². The van der Waals surface area contributed by atoms with Crippen molar-refractivity contribution in [3.05, 3.63) is 58.5 Å². The molecule has 0 aliphatic rings. The summed E-state index contributed by atoms with van der Waals surface area (Å²) in [6.07, 6.45) is 1.92. The molecule has 0 unspecified atom stereocenters. The molecule has 3 rings (SSSR count). The molecule has 6 nitrogen and oxygen atoms in total. The molecule has 2 heterocycles. The Morgan fingerprint density at radius 1 is 1.14 bits per heavy atom. The molecule has 0 aliphatic carbocycles. The van der Waals surface area contributed by atoms with Crippen LogP contribution in [0, 0.1) is 27.7 Å². The van der Waals surface area contributed by atoms with E-state index in [1.54, 1.807) is 7.05 Å². The van der Waals surface area contributed by atoms with Crippen LogP contribution < -0.4 is 16.0 Å². The number of anilines is 2. The number of benzene rings is 1. The van der Waals surface area contributed by atoms with Crippen LogP contribution in [0.4, 0.5) is 11.4 Å². The Balaban J connectivity index is 0.00000280. The first kappa shape index (κ1) is 21.7. The number of nitrogens with zero attached hydrogens (tertiary/aromatic N) is 2. The molecule has 0 saturated carbocycles. The van der Waals surface area contributed by atoms with Crippen molar-refractivity contribution in [1.82, 2.24) is 14.7 Å². The van der Waals surface area contributed by atoms with Gasteiger partial charge >= 0.3 is 0 Å². The zero-order valence-electron chi connectivity index (χ0n) is 17.0. The quantitative estimate of drug-likeness (QED) is 0.588. The van der Waals surface area contributed by atoms with Crippen molar-refractivity contribution < 1.29 is 4.79 Å². The SMILES string of the molecule is CNCC(=O)Nc1cc(NCc2c(C)cccc2C)c2nc(C)c(C)n2c1.Cl. The summed E-state index contributed by atoms with van der Waals surface area (Å²) in [7, 11) is 1.75. The number of imidazole rings is 1. The van der Waals surface area contributed by atoms with Crippen molar-refractivity contribution in [2.24, 2.45) is 0 Å². The van der Waals surface area contributed by atoms with E-state index in [2.05, 4.69) is 48.0 Å². The minimum Gasteiger partial charge on any atom is -0.378 e. The van der Waals surface area contributed by atoms with Gasteiger partial charge in [0.05, 0.1) is 23.6 Å². The second-order valence-corrected chi connectivity index (χ2v) is 6.92. The van der Waals surface area contributed by atoms with Crippen LogP contribution in [0.5, 0.6) is 0 Å². The minimum absolute atomic E-state index is 0. The van der Waals surface area contributed by atoms with E-state index in [0.29, 0.717) is 6.54 Å². The normalized spacial score (nSPS) is 10.6. The topological polar surface area (TPSA) is 70.5 Å². The van der Waals surface area contributed by atoms with Gasteiger partial charge in [-0.05, 0) is 57.5 Å². The van der Waals surface area contributed by atoms with Gasteiger partial charge in [0, 0.05) is 18.4 Å². The van der Waals surface area contributed by atoms with Gasteiger partial charge in [-0.2, -0.15) is 0 Å². The summed E-state index contributed by atoms with van der Waals surface area (Å²) in [4.78, 5) is 16.7. The van der Waals surface area contributed by atoms with E-state index in [9.17, 15) is 4.79 Å². The maximum absolute atomic E-state index is 12.0. The second kappa shape index (κ2) is 9.08. The Morgan fingerprint density at radius 3 is 2.46 bits per heavy atom. The lowest BCUT2D eigenvalue weighted by Crippen LogP contribution is -2.25. The molecule has 0 bridgehead atoms. The average molecular weight is 402 g/mol. The number of hydrogen-bond donors (Lipinski definition) is 3. The Hall–Kier alpha value is -2.57. The lowest BCUT2D eigenvalue weighted by atomic mass is 10.0. The molecule has 150 valence electrons. The lowest BCUT2D eigenvalue weighted by Gasteiger charge is -2.14. The van der Waals surface area contributed by atoms with Gasteiger partial charge in [-0.3, -0.25) is 4.79 Å². The number of aryl methyl sites for hydroxylation is 4. The highest BCUT2D eigenvalue weighted by Crippen LogP contribution is 2.25. The third-order valence-corrected chi connectivity index (χ3v) is 4.92. The van der Waals surface area contributed by atoms with E-state index in [4.69, 9.17) is 4.98 Å². The smallest absolute Gasteiger partial charge is 0.238 e. The van der Waals surface area contributed by atoms with Crippen LogP contribution >= 0.6 is 12.4 Å². The first-order valence-corrected chi connectivity index (χ1v) is 9.13. The standard InChI is InChI=1S/C21H27N5O.ClH/c1-13-7-6-8-14(2)18(13)10-23-19-9-17(25-20(27)11-22-5)12-26-16(4)15(3)24-21(19)26;/h6-9,12,22-23H,10-11H2,1-5H3,(H,25,27);1H. The van der Waals surface area contributed by atoms with Crippen LogP contribution in [0.15, 0.2) is 30.5 Å². The summed E-state index contributed by atoms with van der Waals surface area (Å²) in [6, 6.07) is 8.27. The molecule has 0 atom stereocenters. The molecule has 1 aromatic carbocycles. The van der Waals surface area contributed by atoms with Crippen molar-refractivity contribution in [3.63, 3.8) is 0 Å². The number of pyridine rings is 1. The Bertz CT molecular complexity index is 976. The molecule has 28 heavy (non-hydrogen) atoms. The third kappa shape index (κ3) is 4.46. The zero-order valence-corrected chi connectivity index (χ0v) is 17.8. The number of halogens is 1. The highest BCUT2D eigenvalue weighted by Gasteiger charge is 2.13. The average Bonchev–Trinajstić information content (AvgIpc) is 2.90. The number of amides is 1. The molecular formula is C21H28ClN5O. The van der Waals surface area contributed by atoms with Crippen LogP contribution in [0.2, 0.25) is 0 Å². The van der Waals surface area contributed by atoms with Crippen LogP contribution in [-0.2, 0) is 11.3 Å². The predicted molar refractivity (Wildman–Crippen MR) is 118 cm³/mol. The van der Waals surface area contributed by atoms with Gasteiger partial charge in [-0.25, -0.2) is 4.98 Å². The maximum Gasteiger partial charge on any atom is 0.238 e. The van der Waals surface area contributed by atoms with Crippen molar-refractivity contribution in [2.75, 3.05) is 24.2 Å². The molecular weight excluding hydrogens is 374 g/mol. The summed E-state index contributed by atoms with van der Waals surface area (Å²) in [5, 5.41) is 9.33. The Kier molecular flexibility index (Phi) is 7.05. The number of fused-ring (bicyclic) bond motifs is 1. The Labute approximate surface area is 172 Å². The maximum atomic E-state index is 12.0. The number of nitrogens with one attached hydrogen (secondary N) is 3. The molecule has 0 saturated heterocycles. The highest BCUT2D eigenvalue weighted by atomic mass is 35.5. The molecule has 1 amide bonds. The van der Waals surface area contributed by atoms with Crippen molar-refractivity contribution in [1.29, 1.82) is 0 Å². The molecule has 2 aromatic heterocycles. The molecule has 0 aliphatic heterocycles. The van der Waals surface area contributed by atoms with Gasteiger partial charge in [0.1, 0.15) is 0 Å². The van der Waals surface area contributed by atoms with E-state index in [-0.39, 0.29) is 24.9 Å². The number of carbonyl (C=O) groups is 1. The fourth-order valence-electron chi connectivity index (χ4n) is 3.25. The molecule has 0 spiro atoms. The minimum atomic E-state index is -0.0768. The summed E-state index contributed by atoms with van der Waals surface area (Å²) in [5.74, 6) is -0.0768. The summed E-state index contributed by atoms with van der Waals surface area (Å²) >= 11 is 0. The van der Waals surface area contributed by atoms with Crippen LogP contribution in [0.1, 0.15) is 28.1 Å². The first-order chi connectivity index (χ1) is 12.9. The van der Waals surface area contributed by atoms with Gasteiger partial charge in [-0.1, -0.05) is 18.2 Å². The Morgan fingerprint density at radius 2 is 1.82 bits per heavy atom. The number of hydrogen-bond acceptors (Lipinski definition) is 4. The van der Waals surface area contributed by atoms with Gasteiger partial charge < -0.3 is 20.4 Å². The van der Waals surface area contributed by atoms with Crippen LogP contribution in [-0.4, -0.2) is 28.9 Å². The second-order valence-electron chi connectivity index (χ2n) is 6.92. The molecule has 3 N–H and O–H groups in total. The fourth-order valence-corrected chi connectivity index (χ4v) is 3.25. The van der Waals surface area contributed by atoms with E-state index in [1.807, 2.05) is 30.5 Å². The van der Waals surface area contributed by atoms with Crippen LogP contribution in [0.25, 0.3) is 5.65 Å². The monoisotopic (exact) mass is 401 g/mol. The van der Waals surface area contributed by atoms with Gasteiger partial charge in [0.2, 0.25) is 5.91 Å².